The molecular formula is C13H17N3O3. The molecule has 1 aliphatic heterocycles. The van der Waals surface area contributed by atoms with E-state index in [1.54, 1.807) is 24.8 Å². The quantitative estimate of drug-likeness (QED) is 0.861. The molecule has 0 aliphatic carbocycles. The Labute approximate surface area is 111 Å². The number of rotatable bonds is 2. The number of aromatic nitrogens is 2. The second-order valence-electron chi connectivity index (χ2n) is 4.91. The van der Waals surface area contributed by atoms with Crippen LogP contribution in [0.4, 0.5) is 0 Å². The molecule has 1 fully saturated rings. The first-order chi connectivity index (χ1) is 8.99. The molecule has 6 heteroatoms. The number of carboxylic acid groups (broad SMARTS) is 1. The number of amides is 1. The average Bonchev–Trinajstić information content (AvgIpc) is 2.41. The standard InChI is InChI=1S/C13H17N3O3/c1-8-6-11(9(2)15-14-8)12(17)16-5-3-4-10(7-16)13(18)19/h6,10H,3-5,7H2,1-2H3,(H,18,19)/t10-/m0/s1. The van der Waals surface area contributed by atoms with Gasteiger partial charge in [-0.05, 0) is 32.8 Å². The highest BCUT2D eigenvalue weighted by atomic mass is 16.4. The molecule has 2 heterocycles. The van der Waals surface area contributed by atoms with Gasteiger partial charge in [0, 0.05) is 13.1 Å². The highest BCUT2D eigenvalue weighted by Gasteiger charge is 2.29. The van der Waals surface area contributed by atoms with Crippen molar-refractivity contribution >= 4 is 11.9 Å². The molecule has 0 aromatic carbocycles. The number of nitrogens with zero attached hydrogens (tertiary/aromatic N) is 3. The van der Waals surface area contributed by atoms with Crippen LogP contribution >= 0.6 is 0 Å². The van der Waals surface area contributed by atoms with Gasteiger partial charge in [-0.15, -0.1) is 0 Å². The van der Waals surface area contributed by atoms with Crippen LogP contribution in [0.3, 0.4) is 0 Å². The van der Waals surface area contributed by atoms with E-state index in [9.17, 15) is 9.59 Å². The van der Waals surface area contributed by atoms with Crippen molar-refractivity contribution in [1.29, 1.82) is 0 Å². The molecule has 0 spiro atoms. The van der Waals surface area contributed by atoms with E-state index in [1.807, 2.05) is 0 Å². The molecule has 2 rings (SSSR count). The van der Waals surface area contributed by atoms with E-state index < -0.39 is 11.9 Å². The maximum absolute atomic E-state index is 12.4. The van der Waals surface area contributed by atoms with E-state index in [0.717, 1.165) is 6.42 Å². The van der Waals surface area contributed by atoms with Crippen molar-refractivity contribution in [2.45, 2.75) is 26.7 Å². The lowest BCUT2D eigenvalue weighted by Crippen LogP contribution is -2.42. The monoisotopic (exact) mass is 263 g/mol. The Balaban J connectivity index is 2.19. The van der Waals surface area contributed by atoms with Crippen LogP contribution in [-0.2, 0) is 4.79 Å². The number of carbonyl (C=O) groups is 2. The fourth-order valence-electron chi connectivity index (χ4n) is 2.30. The minimum absolute atomic E-state index is 0.151. The number of hydrogen-bond donors (Lipinski definition) is 1. The summed E-state index contributed by atoms with van der Waals surface area (Å²) in [5.41, 5.74) is 1.77. The van der Waals surface area contributed by atoms with Crippen molar-refractivity contribution < 1.29 is 14.7 Å². The molecule has 1 aliphatic rings. The molecule has 19 heavy (non-hydrogen) atoms. The lowest BCUT2D eigenvalue weighted by molar-refractivity contribution is -0.143. The summed E-state index contributed by atoms with van der Waals surface area (Å²) in [6, 6.07) is 1.70. The summed E-state index contributed by atoms with van der Waals surface area (Å²) < 4.78 is 0. The highest BCUT2D eigenvalue weighted by Crippen LogP contribution is 2.19. The van der Waals surface area contributed by atoms with E-state index >= 15 is 0 Å². The van der Waals surface area contributed by atoms with Gasteiger partial charge in [-0.2, -0.15) is 10.2 Å². The number of aryl methyl sites for hydroxylation is 2. The Morgan fingerprint density at radius 3 is 2.79 bits per heavy atom. The summed E-state index contributed by atoms with van der Waals surface area (Å²) in [5, 5.41) is 16.9. The molecule has 1 aromatic heterocycles. The van der Waals surface area contributed by atoms with E-state index in [0.29, 0.717) is 29.9 Å². The molecule has 1 N–H and O–H groups in total. The maximum Gasteiger partial charge on any atom is 0.308 e. The number of likely N-dealkylation sites (tertiary alicyclic amines) is 1. The number of carboxylic acids is 1. The fourth-order valence-corrected chi connectivity index (χ4v) is 2.30. The zero-order chi connectivity index (χ0) is 14.0. The molecule has 6 nitrogen and oxygen atoms in total. The number of hydrogen-bond acceptors (Lipinski definition) is 4. The SMILES string of the molecule is Cc1cc(C(=O)N2CCC[C@H](C(=O)O)C2)c(C)nn1. The summed E-state index contributed by atoms with van der Waals surface area (Å²) in [6.45, 7) is 4.39. The van der Waals surface area contributed by atoms with Gasteiger partial charge >= 0.3 is 5.97 Å². The van der Waals surface area contributed by atoms with Crippen LogP contribution in [0, 0.1) is 19.8 Å². The average molecular weight is 263 g/mol. The van der Waals surface area contributed by atoms with Gasteiger partial charge in [0.2, 0.25) is 0 Å². The lowest BCUT2D eigenvalue weighted by atomic mass is 9.97. The Kier molecular flexibility index (Phi) is 3.78. The number of piperidine rings is 1. The molecule has 0 bridgehead atoms. The Morgan fingerprint density at radius 1 is 1.37 bits per heavy atom. The molecule has 1 aromatic rings. The predicted octanol–water partition coefficient (Wildman–Crippen LogP) is 1.03. The third-order valence-electron chi connectivity index (χ3n) is 3.39. The van der Waals surface area contributed by atoms with Gasteiger partial charge in [0.05, 0.1) is 22.9 Å². The van der Waals surface area contributed by atoms with Crippen LogP contribution < -0.4 is 0 Å². The molecular weight excluding hydrogens is 246 g/mol. The Bertz CT molecular complexity index is 516. The van der Waals surface area contributed by atoms with Gasteiger partial charge in [-0.1, -0.05) is 0 Å². The largest absolute Gasteiger partial charge is 0.481 e. The van der Waals surface area contributed by atoms with Crippen LogP contribution in [-0.4, -0.2) is 45.2 Å². The van der Waals surface area contributed by atoms with Gasteiger partial charge in [0.1, 0.15) is 0 Å². The van der Waals surface area contributed by atoms with Gasteiger partial charge < -0.3 is 10.0 Å². The summed E-state index contributed by atoms with van der Waals surface area (Å²) in [7, 11) is 0. The van der Waals surface area contributed by atoms with Crippen LogP contribution in [0.25, 0.3) is 0 Å². The second-order valence-corrected chi connectivity index (χ2v) is 4.91. The van der Waals surface area contributed by atoms with Crippen molar-refractivity contribution in [3.8, 4) is 0 Å². The maximum atomic E-state index is 12.4. The molecule has 0 unspecified atom stereocenters. The van der Waals surface area contributed by atoms with Crippen LogP contribution in [0.2, 0.25) is 0 Å². The number of aliphatic carboxylic acids is 1. The topological polar surface area (TPSA) is 83.4 Å². The molecule has 0 radical (unpaired) electrons. The minimum Gasteiger partial charge on any atom is -0.481 e. The van der Waals surface area contributed by atoms with E-state index in [-0.39, 0.29) is 12.5 Å². The predicted molar refractivity (Wildman–Crippen MR) is 67.8 cm³/mol. The number of carbonyl (C=O) groups excluding carboxylic acids is 1. The Hall–Kier alpha value is -1.98. The molecule has 0 saturated carbocycles. The molecule has 102 valence electrons. The molecule has 1 amide bonds. The Morgan fingerprint density at radius 2 is 2.11 bits per heavy atom. The van der Waals surface area contributed by atoms with Gasteiger partial charge in [-0.3, -0.25) is 9.59 Å². The lowest BCUT2D eigenvalue weighted by Gasteiger charge is -2.31. The van der Waals surface area contributed by atoms with E-state index in [2.05, 4.69) is 10.2 Å². The third kappa shape index (κ3) is 2.89. The zero-order valence-electron chi connectivity index (χ0n) is 11.1. The second kappa shape index (κ2) is 5.34. The van der Waals surface area contributed by atoms with Crippen molar-refractivity contribution in [1.82, 2.24) is 15.1 Å². The van der Waals surface area contributed by atoms with Gasteiger partial charge in [-0.25, -0.2) is 0 Å². The van der Waals surface area contributed by atoms with Crippen LogP contribution in [0.15, 0.2) is 6.07 Å². The molecule has 1 atom stereocenters. The van der Waals surface area contributed by atoms with E-state index in [1.165, 1.54) is 0 Å². The smallest absolute Gasteiger partial charge is 0.308 e. The van der Waals surface area contributed by atoms with Crippen molar-refractivity contribution in [2.24, 2.45) is 5.92 Å². The first-order valence-corrected chi connectivity index (χ1v) is 6.32. The van der Waals surface area contributed by atoms with Crippen molar-refractivity contribution in [2.75, 3.05) is 13.1 Å². The normalized spacial score (nSPS) is 19.3. The van der Waals surface area contributed by atoms with Crippen LogP contribution in [0.1, 0.15) is 34.6 Å². The minimum atomic E-state index is -0.835. The fraction of sp³-hybridized carbons (Fsp3) is 0.538. The summed E-state index contributed by atoms with van der Waals surface area (Å²) in [5.74, 6) is -1.45. The van der Waals surface area contributed by atoms with Gasteiger partial charge in [0.15, 0.2) is 0 Å². The van der Waals surface area contributed by atoms with Crippen molar-refractivity contribution in [3.05, 3.63) is 23.0 Å². The highest BCUT2D eigenvalue weighted by molar-refractivity contribution is 5.95. The third-order valence-corrected chi connectivity index (χ3v) is 3.39. The van der Waals surface area contributed by atoms with Crippen LogP contribution in [0.5, 0.6) is 0 Å². The van der Waals surface area contributed by atoms with Crippen molar-refractivity contribution in [3.63, 3.8) is 0 Å². The summed E-state index contributed by atoms with van der Waals surface area (Å²) >= 11 is 0. The first-order valence-electron chi connectivity index (χ1n) is 6.32. The zero-order valence-corrected chi connectivity index (χ0v) is 11.1. The van der Waals surface area contributed by atoms with E-state index in [4.69, 9.17) is 5.11 Å². The summed E-state index contributed by atoms with van der Waals surface area (Å²) in [4.78, 5) is 25.0. The molecule has 1 saturated heterocycles. The summed E-state index contributed by atoms with van der Waals surface area (Å²) in [6.07, 6.45) is 1.35. The first kappa shape index (κ1) is 13.5. The van der Waals surface area contributed by atoms with Gasteiger partial charge in [0.25, 0.3) is 5.91 Å².